The summed E-state index contributed by atoms with van der Waals surface area (Å²) in [5.74, 6) is -3.43. The number of fused-ring (bicyclic) bond motifs is 2. The maximum Gasteiger partial charge on any atom is 0.435 e. The highest BCUT2D eigenvalue weighted by atomic mass is 19.4. The number of carbonyl (C=O) groups is 1. The highest BCUT2D eigenvalue weighted by molar-refractivity contribution is 5.95. The lowest BCUT2D eigenvalue weighted by Crippen LogP contribution is -2.41. The molecular weight excluding hydrogens is 458 g/mol. The van der Waals surface area contributed by atoms with Gasteiger partial charge in [0.15, 0.2) is 5.69 Å². The number of benzene rings is 1. The molecule has 5 atom stereocenters. The number of anilines is 1. The smallest absolute Gasteiger partial charge is 0.390 e. The molecule has 2 saturated heterocycles. The average Bonchev–Trinajstić information content (AvgIpc) is 3.38. The summed E-state index contributed by atoms with van der Waals surface area (Å²) in [7, 11) is 1.26. The molecule has 7 nitrogen and oxygen atoms in total. The summed E-state index contributed by atoms with van der Waals surface area (Å²) in [6.07, 6.45) is -11.8. The zero-order chi connectivity index (χ0) is 24.3. The molecule has 176 valence electrons. The fraction of sp³-hybridized carbons (Fsp3) is 0.450. The van der Waals surface area contributed by atoms with E-state index in [9.17, 15) is 41.5 Å². The van der Waals surface area contributed by atoms with Gasteiger partial charge < -0.3 is 15.2 Å². The molecule has 4 rings (SSSR count). The summed E-state index contributed by atoms with van der Waals surface area (Å²) in [5, 5.41) is 25.1. The molecular formula is C20H16F6N4O3. The van der Waals surface area contributed by atoms with Gasteiger partial charge in [-0.3, -0.25) is 9.48 Å². The van der Waals surface area contributed by atoms with Gasteiger partial charge in [-0.1, -0.05) is 0 Å². The number of alkyl halides is 6. The largest absolute Gasteiger partial charge is 0.435 e. The number of aliphatic hydroxyl groups is 1. The number of aryl methyl sites for hydroxylation is 1. The second kappa shape index (κ2) is 7.74. The van der Waals surface area contributed by atoms with Crippen LogP contribution in [-0.2, 0) is 28.9 Å². The fourth-order valence-corrected chi connectivity index (χ4v) is 4.52. The van der Waals surface area contributed by atoms with Crippen LogP contribution in [0.2, 0.25) is 0 Å². The fourth-order valence-electron chi connectivity index (χ4n) is 4.52. The number of nitrogens with one attached hydrogen (secondary N) is 1. The van der Waals surface area contributed by atoms with E-state index in [0.717, 1.165) is 16.9 Å². The van der Waals surface area contributed by atoms with E-state index in [1.165, 1.54) is 7.05 Å². The van der Waals surface area contributed by atoms with E-state index in [-0.39, 0.29) is 17.5 Å². The molecule has 0 saturated carbocycles. The van der Waals surface area contributed by atoms with Crippen molar-refractivity contribution in [1.29, 1.82) is 5.26 Å². The van der Waals surface area contributed by atoms with Gasteiger partial charge in [0.25, 0.3) is 0 Å². The molecule has 0 radical (unpaired) electrons. The Hall–Kier alpha value is -3.11. The van der Waals surface area contributed by atoms with Gasteiger partial charge in [0.05, 0.1) is 41.0 Å². The van der Waals surface area contributed by atoms with E-state index in [2.05, 4.69) is 10.4 Å². The summed E-state index contributed by atoms with van der Waals surface area (Å²) in [4.78, 5) is 13.1. The Bertz CT molecular complexity index is 1140. The van der Waals surface area contributed by atoms with Crippen molar-refractivity contribution in [2.75, 3.05) is 5.32 Å². The molecule has 2 aromatic rings. The third-order valence-corrected chi connectivity index (χ3v) is 5.84. The van der Waals surface area contributed by atoms with Gasteiger partial charge in [-0.25, -0.2) is 0 Å². The van der Waals surface area contributed by atoms with Gasteiger partial charge in [-0.2, -0.15) is 36.7 Å². The first-order valence-corrected chi connectivity index (χ1v) is 9.67. The summed E-state index contributed by atoms with van der Waals surface area (Å²) in [5.41, 5.74) is -3.40. The molecule has 2 aliphatic rings. The normalized spacial score (nSPS) is 26.9. The lowest BCUT2D eigenvalue weighted by molar-refractivity contribution is -0.143. The standard InChI is InChI=1S/C20H16F6N4O3/c1-30-7-10(17(29-30)20(24,25)26)14-15(13-5-12(31)16(14)33-13)18(32)28-11-4-9(19(21,22)23)3-2-8(11)6-27/h2-4,7,12-16,31H,5H2,1H3,(H,28,32)/t12-,13+,14+,15-,16-/m1/s1. The van der Waals surface area contributed by atoms with Gasteiger partial charge in [-0.15, -0.1) is 0 Å². The summed E-state index contributed by atoms with van der Waals surface area (Å²) in [6.45, 7) is 0. The zero-order valence-corrected chi connectivity index (χ0v) is 16.8. The first-order valence-electron chi connectivity index (χ1n) is 9.67. The predicted octanol–water partition coefficient (Wildman–Crippen LogP) is 3.20. The third-order valence-electron chi connectivity index (χ3n) is 5.84. The number of hydrogen-bond donors (Lipinski definition) is 2. The van der Waals surface area contributed by atoms with E-state index >= 15 is 0 Å². The van der Waals surface area contributed by atoms with Crippen LogP contribution in [0.1, 0.15) is 34.7 Å². The number of hydrogen-bond acceptors (Lipinski definition) is 5. The summed E-state index contributed by atoms with van der Waals surface area (Å²) < 4.78 is 86.5. The van der Waals surface area contributed by atoms with Crippen LogP contribution in [0, 0.1) is 17.2 Å². The number of aromatic nitrogens is 2. The van der Waals surface area contributed by atoms with Gasteiger partial charge >= 0.3 is 12.4 Å². The molecule has 0 unspecified atom stereocenters. The van der Waals surface area contributed by atoms with Crippen LogP contribution < -0.4 is 5.32 Å². The van der Waals surface area contributed by atoms with Crippen molar-refractivity contribution in [1.82, 2.24) is 9.78 Å². The monoisotopic (exact) mass is 474 g/mol. The van der Waals surface area contributed by atoms with Crippen molar-refractivity contribution in [2.24, 2.45) is 13.0 Å². The first kappa shape index (κ1) is 23.1. The second-order valence-electron chi connectivity index (χ2n) is 7.96. The van der Waals surface area contributed by atoms with Gasteiger partial charge in [-0.05, 0) is 18.2 Å². The Morgan fingerprint density at radius 1 is 1.27 bits per heavy atom. The molecule has 33 heavy (non-hydrogen) atoms. The number of aliphatic hydroxyl groups excluding tert-OH is 1. The number of nitriles is 1. The minimum Gasteiger partial charge on any atom is -0.390 e. The maximum absolute atomic E-state index is 13.6. The van der Waals surface area contributed by atoms with Crippen LogP contribution in [0.25, 0.3) is 0 Å². The van der Waals surface area contributed by atoms with Crippen LogP contribution in [0.4, 0.5) is 32.0 Å². The van der Waals surface area contributed by atoms with Crippen LogP contribution in [0.15, 0.2) is 24.4 Å². The molecule has 1 aromatic carbocycles. The number of nitrogens with zero attached hydrogens (tertiary/aromatic N) is 3. The second-order valence-corrected chi connectivity index (χ2v) is 7.96. The van der Waals surface area contributed by atoms with Crippen molar-refractivity contribution >= 4 is 11.6 Å². The first-order chi connectivity index (χ1) is 15.3. The van der Waals surface area contributed by atoms with E-state index in [0.29, 0.717) is 12.1 Å². The minimum absolute atomic E-state index is 0.0332. The van der Waals surface area contributed by atoms with Crippen LogP contribution in [0.3, 0.4) is 0 Å². The molecule has 0 spiro atoms. The zero-order valence-electron chi connectivity index (χ0n) is 16.8. The average molecular weight is 474 g/mol. The Morgan fingerprint density at radius 3 is 2.58 bits per heavy atom. The number of rotatable bonds is 3. The van der Waals surface area contributed by atoms with Crippen LogP contribution in [-0.4, -0.2) is 39.1 Å². The Balaban J connectivity index is 1.72. The summed E-state index contributed by atoms with van der Waals surface area (Å²) in [6, 6.07) is 3.82. The van der Waals surface area contributed by atoms with Crippen molar-refractivity contribution in [3.63, 3.8) is 0 Å². The van der Waals surface area contributed by atoms with E-state index in [1.807, 2.05) is 0 Å². The van der Waals surface area contributed by atoms with Crippen molar-refractivity contribution < 1.29 is 41.0 Å². The molecule has 2 N–H and O–H groups in total. The lowest BCUT2D eigenvalue weighted by Gasteiger charge is -2.30. The molecule has 2 fully saturated rings. The lowest BCUT2D eigenvalue weighted by atomic mass is 9.73. The predicted molar refractivity (Wildman–Crippen MR) is 98.5 cm³/mol. The van der Waals surface area contributed by atoms with Crippen molar-refractivity contribution in [3.8, 4) is 6.07 Å². The molecule has 2 aliphatic heterocycles. The highest BCUT2D eigenvalue weighted by Crippen LogP contribution is 2.51. The summed E-state index contributed by atoms with van der Waals surface area (Å²) >= 11 is 0. The van der Waals surface area contributed by atoms with Gasteiger partial charge in [0.1, 0.15) is 6.07 Å². The molecule has 0 aliphatic carbocycles. The third kappa shape index (κ3) is 4.04. The SMILES string of the molecule is Cn1cc([C@@H]2[C@@H]3O[C@@H](C[C@H]3O)[C@H]2C(=O)Nc2cc(C(F)(F)F)ccc2C#N)c(C(F)(F)F)n1. The number of ether oxygens (including phenoxy) is 1. The van der Waals surface area contributed by atoms with Crippen LogP contribution in [0.5, 0.6) is 0 Å². The molecule has 3 heterocycles. The minimum atomic E-state index is -4.85. The molecule has 1 amide bonds. The Morgan fingerprint density at radius 2 is 1.97 bits per heavy atom. The van der Waals surface area contributed by atoms with Gasteiger partial charge in [0.2, 0.25) is 5.91 Å². The number of halogens is 6. The molecule has 13 heteroatoms. The number of carbonyl (C=O) groups excluding carboxylic acids is 1. The van der Waals surface area contributed by atoms with E-state index in [1.54, 1.807) is 6.07 Å². The van der Waals surface area contributed by atoms with Crippen molar-refractivity contribution in [3.05, 3.63) is 46.8 Å². The maximum atomic E-state index is 13.6. The highest BCUT2D eigenvalue weighted by Gasteiger charge is 2.59. The van der Waals surface area contributed by atoms with Crippen molar-refractivity contribution in [2.45, 2.75) is 43.0 Å². The van der Waals surface area contributed by atoms with Gasteiger partial charge in [0, 0.05) is 31.1 Å². The van der Waals surface area contributed by atoms with E-state index in [4.69, 9.17) is 4.74 Å². The van der Waals surface area contributed by atoms with Crippen LogP contribution >= 0.6 is 0 Å². The molecule has 1 aromatic heterocycles. The quantitative estimate of drug-likeness (QED) is 0.666. The topological polar surface area (TPSA) is 100 Å². The number of amides is 1. The Kier molecular flexibility index (Phi) is 5.41. The van der Waals surface area contributed by atoms with E-state index < -0.39 is 65.4 Å². The Labute approximate surface area is 182 Å². The molecule has 2 bridgehead atoms.